The van der Waals surface area contributed by atoms with Gasteiger partial charge in [0.25, 0.3) is 5.91 Å². The maximum absolute atomic E-state index is 12.9. The summed E-state index contributed by atoms with van der Waals surface area (Å²) >= 11 is 0. The maximum atomic E-state index is 12.9. The van der Waals surface area contributed by atoms with E-state index < -0.39 is 17.5 Å². The van der Waals surface area contributed by atoms with Crippen molar-refractivity contribution in [2.24, 2.45) is 5.92 Å². The maximum Gasteiger partial charge on any atom is 0.325 e. The van der Waals surface area contributed by atoms with Gasteiger partial charge < -0.3 is 15.5 Å². The summed E-state index contributed by atoms with van der Waals surface area (Å²) in [4.78, 5) is 44.6. The number of hydrogen-bond donors (Lipinski definition) is 2. The number of rotatable bonds is 4. The summed E-state index contributed by atoms with van der Waals surface area (Å²) in [5, 5.41) is 5.53. The quantitative estimate of drug-likeness (QED) is 0.796. The number of nitrogens with zero attached hydrogens (tertiary/aromatic N) is 3. The first-order valence-electron chi connectivity index (χ1n) is 8.91. The van der Waals surface area contributed by atoms with E-state index in [-0.39, 0.29) is 18.4 Å². The van der Waals surface area contributed by atoms with Crippen LogP contribution in [0.5, 0.6) is 0 Å². The minimum atomic E-state index is -0.843. The number of carbonyl (C=O) groups is 3. The molecule has 4 amide bonds. The van der Waals surface area contributed by atoms with Crippen LogP contribution in [0.1, 0.15) is 32.6 Å². The number of carbonyl (C=O) groups excluding carboxylic acids is 3. The highest BCUT2D eigenvalue weighted by Gasteiger charge is 2.55. The molecule has 2 aliphatic rings. The Kier molecular flexibility index (Phi) is 4.84. The van der Waals surface area contributed by atoms with Gasteiger partial charge in [0, 0.05) is 14.1 Å². The zero-order valence-electron chi connectivity index (χ0n) is 15.4. The van der Waals surface area contributed by atoms with Crippen LogP contribution < -0.4 is 15.5 Å². The van der Waals surface area contributed by atoms with E-state index in [1.165, 1.54) is 0 Å². The highest BCUT2D eigenvalue weighted by Crippen LogP contribution is 2.38. The highest BCUT2D eigenvalue weighted by atomic mass is 16.2. The number of hydrogen-bond acceptors (Lipinski definition) is 5. The third-order valence-corrected chi connectivity index (χ3v) is 5.29. The first-order valence-corrected chi connectivity index (χ1v) is 8.91. The van der Waals surface area contributed by atoms with Gasteiger partial charge in [-0.25, -0.2) is 9.78 Å². The fraction of sp³-hybridized carbons (Fsp3) is 0.556. The molecule has 1 spiro atoms. The third-order valence-electron chi connectivity index (χ3n) is 5.29. The Labute approximate surface area is 152 Å². The molecule has 0 bridgehead atoms. The Morgan fingerprint density at radius 3 is 2.77 bits per heavy atom. The molecule has 1 aliphatic carbocycles. The van der Waals surface area contributed by atoms with E-state index in [0.29, 0.717) is 12.1 Å². The number of nitrogens with one attached hydrogen (secondary N) is 2. The molecule has 2 N–H and O–H groups in total. The fourth-order valence-electron chi connectivity index (χ4n) is 3.71. The molecule has 2 unspecified atom stereocenters. The van der Waals surface area contributed by atoms with Crippen molar-refractivity contribution < 1.29 is 14.4 Å². The molecule has 8 heteroatoms. The standard InChI is InChI=1S/C18H25N5O3/c1-12-6-4-5-9-18(12)16(25)23(17(26)21-18)11-15(24)20-13-7-8-14(19-10-13)22(2)3/h7-8,10,12H,4-6,9,11H2,1-3H3,(H,20,24)(H,21,26). The van der Waals surface area contributed by atoms with E-state index in [4.69, 9.17) is 0 Å². The van der Waals surface area contributed by atoms with Gasteiger partial charge in [0.1, 0.15) is 17.9 Å². The number of imide groups is 1. The summed E-state index contributed by atoms with van der Waals surface area (Å²) in [7, 11) is 3.75. The van der Waals surface area contributed by atoms with Gasteiger partial charge in [0.05, 0.1) is 11.9 Å². The van der Waals surface area contributed by atoms with Crippen LogP contribution in [0.25, 0.3) is 0 Å². The Bertz CT molecular complexity index is 718. The molecule has 140 valence electrons. The molecule has 3 rings (SSSR count). The molecule has 8 nitrogen and oxygen atoms in total. The second-order valence-corrected chi connectivity index (χ2v) is 7.29. The van der Waals surface area contributed by atoms with E-state index in [1.807, 2.05) is 25.9 Å². The fourth-order valence-corrected chi connectivity index (χ4v) is 3.71. The first-order chi connectivity index (χ1) is 12.3. The Morgan fingerprint density at radius 1 is 1.38 bits per heavy atom. The van der Waals surface area contributed by atoms with Crippen LogP contribution in [0.15, 0.2) is 18.3 Å². The van der Waals surface area contributed by atoms with Crippen molar-refractivity contribution in [3.05, 3.63) is 18.3 Å². The lowest BCUT2D eigenvalue weighted by Crippen LogP contribution is -2.54. The van der Waals surface area contributed by atoms with Crippen LogP contribution in [-0.2, 0) is 9.59 Å². The minimum Gasteiger partial charge on any atom is -0.363 e. The zero-order chi connectivity index (χ0) is 18.9. The summed E-state index contributed by atoms with van der Waals surface area (Å²) < 4.78 is 0. The molecule has 1 aromatic heterocycles. The van der Waals surface area contributed by atoms with Gasteiger partial charge in [-0.3, -0.25) is 14.5 Å². The van der Waals surface area contributed by atoms with E-state index in [2.05, 4.69) is 15.6 Å². The number of urea groups is 1. The molecular formula is C18H25N5O3. The molecule has 1 aromatic rings. The molecule has 2 fully saturated rings. The molecule has 2 heterocycles. The molecule has 0 aromatic carbocycles. The van der Waals surface area contributed by atoms with Gasteiger partial charge in [-0.1, -0.05) is 19.8 Å². The monoisotopic (exact) mass is 359 g/mol. The molecular weight excluding hydrogens is 334 g/mol. The Morgan fingerprint density at radius 2 is 2.15 bits per heavy atom. The van der Waals surface area contributed by atoms with Crippen molar-refractivity contribution in [2.75, 3.05) is 30.9 Å². The molecule has 1 saturated carbocycles. The summed E-state index contributed by atoms with van der Waals surface area (Å²) in [6.45, 7) is 1.69. The molecule has 0 radical (unpaired) electrons. The van der Waals surface area contributed by atoms with Crippen molar-refractivity contribution in [2.45, 2.75) is 38.1 Å². The molecule has 1 saturated heterocycles. The smallest absolute Gasteiger partial charge is 0.325 e. The van der Waals surface area contributed by atoms with Crippen LogP contribution in [0.4, 0.5) is 16.3 Å². The molecule has 26 heavy (non-hydrogen) atoms. The zero-order valence-corrected chi connectivity index (χ0v) is 15.4. The van der Waals surface area contributed by atoms with Crippen LogP contribution in [0, 0.1) is 5.92 Å². The van der Waals surface area contributed by atoms with Crippen molar-refractivity contribution in [3.63, 3.8) is 0 Å². The van der Waals surface area contributed by atoms with Crippen molar-refractivity contribution in [3.8, 4) is 0 Å². The summed E-state index contributed by atoms with van der Waals surface area (Å²) in [6.07, 6.45) is 5.04. The van der Waals surface area contributed by atoms with Gasteiger partial charge in [-0.05, 0) is 30.9 Å². The number of aromatic nitrogens is 1. The normalized spacial score (nSPS) is 25.3. The topological polar surface area (TPSA) is 94.6 Å². The van der Waals surface area contributed by atoms with Gasteiger partial charge in [-0.2, -0.15) is 0 Å². The number of amides is 4. The van der Waals surface area contributed by atoms with Gasteiger partial charge in [0.15, 0.2) is 0 Å². The van der Waals surface area contributed by atoms with Gasteiger partial charge >= 0.3 is 6.03 Å². The Hall–Kier alpha value is -2.64. The van der Waals surface area contributed by atoms with E-state index in [9.17, 15) is 14.4 Å². The molecule has 2 atom stereocenters. The van der Waals surface area contributed by atoms with E-state index in [1.54, 1.807) is 18.3 Å². The lowest BCUT2D eigenvalue weighted by molar-refractivity contribution is -0.136. The summed E-state index contributed by atoms with van der Waals surface area (Å²) in [6, 6.07) is 3.03. The second-order valence-electron chi connectivity index (χ2n) is 7.29. The van der Waals surface area contributed by atoms with Crippen molar-refractivity contribution in [1.29, 1.82) is 0 Å². The van der Waals surface area contributed by atoms with Crippen molar-refractivity contribution in [1.82, 2.24) is 15.2 Å². The average molecular weight is 359 g/mol. The first kappa shape index (κ1) is 18.2. The number of pyridine rings is 1. The largest absolute Gasteiger partial charge is 0.363 e. The second kappa shape index (κ2) is 6.93. The average Bonchev–Trinajstić information content (AvgIpc) is 2.83. The lowest BCUT2D eigenvalue weighted by Gasteiger charge is -2.36. The van der Waals surface area contributed by atoms with Crippen LogP contribution >= 0.6 is 0 Å². The van der Waals surface area contributed by atoms with Crippen molar-refractivity contribution >= 4 is 29.4 Å². The summed E-state index contributed by atoms with van der Waals surface area (Å²) in [5.74, 6) is 0.133. The van der Waals surface area contributed by atoms with Gasteiger partial charge in [0.2, 0.25) is 5.91 Å². The number of anilines is 2. The predicted octanol–water partition coefficient (Wildman–Crippen LogP) is 1.59. The van der Waals surface area contributed by atoms with Crippen LogP contribution in [0.2, 0.25) is 0 Å². The van der Waals surface area contributed by atoms with E-state index >= 15 is 0 Å². The summed E-state index contributed by atoms with van der Waals surface area (Å²) in [5.41, 5.74) is -0.321. The predicted molar refractivity (Wildman–Crippen MR) is 97.8 cm³/mol. The lowest BCUT2D eigenvalue weighted by atomic mass is 9.73. The Balaban J connectivity index is 1.65. The van der Waals surface area contributed by atoms with Crippen LogP contribution in [-0.4, -0.2) is 53.9 Å². The third kappa shape index (κ3) is 3.23. The van der Waals surface area contributed by atoms with E-state index in [0.717, 1.165) is 30.0 Å². The van der Waals surface area contributed by atoms with Crippen LogP contribution in [0.3, 0.4) is 0 Å². The van der Waals surface area contributed by atoms with Gasteiger partial charge in [-0.15, -0.1) is 0 Å². The SMILES string of the molecule is CC1CCCCC12NC(=O)N(CC(=O)Nc1ccc(N(C)C)nc1)C2=O. The molecule has 1 aliphatic heterocycles. The minimum absolute atomic E-state index is 0.0727. The highest BCUT2D eigenvalue weighted by molar-refractivity contribution is 6.10.